The minimum Gasteiger partial charge on any atom is -0.508 e. The summed E-state index contributed by atoms with van der Waals surface area (Å²) in [5.41, 5.74) is 8.34. The van der Waals surface area contributed by atoms with Crippen LogP contribution in [0.25, 0.3) is 0 Å². The van der Waals surface area contributed by atoms with E-state index in [-0.39, 0.29) is 42.4 Å². The summed E-state index contributed by atoms with van der Waals surface area (Å²) in [4.78, 5) is 54.0. The standard InChI is InChI=1S/C32H45N5O5/c1-32(2,3)23-18-22(13-14-27(23)38)20-25-29(40)35-17-15-28(39)34-16-9-8-12-26(30(41)36-25)37(4)31(42)24(33)19-21-10-6-5-7-11-21/h5-7,10-11,13-14,18,24-26,38H,8-9,12,15-17,19-20,33H2,1-4H3,(H,34,39)(H,35,40)(H,36,41). The number of rotatable bonds is 6. The number of phenolic OH excluding ortho intramolecular Hbond substituents is 1. The van der Waals surface area contributed by atoms with E-state index in [4.69, 9.17) is 5.73 Å². The minimum absolute atomic E-state index is 0.121. The molecule has 1 aliphatic heterocycles. The largest absolute Gasteiger partial charge is 0.508 e. The van der Waals surface area contributed by atoms with E-state index in [0.29, 0.717) is 32.2 Å². The van der Waals surface area contributed by atoms with Crippen molar-refractivity contribution in [2.75, 3.05) is 20.1 Å². The molecule has 0 bridgehead atoms. The van der Waals surface area contributed by atoms with Gasteiger partial charge in [0.2, 0.25) is 23.6 Å². The minimum atomic E-state index is -0.968. The van der Waals surface area contributed by atoms with Crippen LogP contribution < -0.4 is 21.7 Å². The molecule has 2 aromatic rings. The first-order valence-corrected chi connectivity index (χ1v) is 14.6. The molecule has 0 radical (unpaired) electrons. The number of hydrogen-bond donors (Lipinski definition) is 5. The fourth-order valence-electron chi connectivity index (χ4n) is 5.10. The molecule has 1 heterocycles. The number of nitrogens with one attached hydrogen (secondary N) is 3. The van der Waals surface area contributed by atoms with Crippen molar-refractivity contribution >= 4 is 23.6 Å². The highest BCUT2D eigenvalue weighted by Crippen LogP contribution is 2.31. The smallest absolute Gasteiger partial charge is 0.243 e. The zero-order chi connectivity index (χ0) is 30.9. The van der Waals surface area contributed by atoms with Crippen LogP contribution in [0.1, 0.15) is 63.1 Å². The number of carbonyl (C=O) groups excluding carboxylic acids is 4. The average Bonchev–Trinajstić information content (AvgIpc) is 2.94. The highest BCUT2D eigenvalue weighted by Gasteiger charge is 2.32. The van der Waals surface area contributed by atoms with Gasteiger partial charge in [-0.3, -0.25) is 19.2 Å². The fourth-order valence-corrected chi connectivity index (χ4v) is 5.10. The molecule has 42 heavy (non-hydrogen) atoms. The summed E-state index contributed by atoms with van der Waals surface area (Å²) in [5.74, 6) is -1.27. The molecule has 0 saturated carbocycles. The van der Waals surface area contributed by atoms with Gasteiger partial charge in [-0.05, 0) is 53.9 Å². The monoisotopic (exact) mass is 579 g/mol. The zero-order valence-electron chi connectivity index (χ0n) is 25.1. The van der Waals surface area contributed by atoms with Crippen molar-refractivity contribution in [2.45, 2.75) is 82.8 Å². The van der Waals surface area contributed by atoms with Gasteiger partial charge in [0.25, 0.3) is 0 Å². The number of amides is 4. The van der Waals surface area contributed by atoms with Crippen LogP contribution in [0.4, 0.5) is 0 Å². The van der Waals surface area contributed by atoms with Crippen molar-refractivity contribution in [1.82, 2.24) is 20.9 Å². The normalized spacial score (nSPS) is 20.0. The Morgan fingerprint density at radius 3 is 2.40 bits per heavy atom. The van der Waals surface area contributed by atoms with Gasteiger partial charge in [-0.1, -0.05) is 63.2 Å². The molecule has 3 atom stereocenters. The van der Waals surface area contributed by atoms with Crippen LogP contribution in [0.3, 0.4) is 0 Å². The van der Waals surface area contributed by atoms with E-state index < -0.39 is 29.9 Å². The average molecular weight is 580 g/mol. The number of nitrogens with zero attached hydrogens (tertiary/aromatic N) is 1. The quantitative estimate of drug-likeness (QED) is 0.352. The van der Waals surface area contributed by atoms with E-state index in [1.165, 1.54) is 4.90 Å². The Hall–Kier alpha value is -3.92. The van der Waals surface area contributed by atoms with Crippen LogP contribution in [-0.2, 0) is 37.4 Å². The predicted molar refractivity (Wildman–Crippen MR) is 162 cm³/mol. The molecule has 3 unspecified atom stereocenters. The van der Waals surface area contributed by atoms with Crippen molar-refractivity contribution in [3.05, 3.63) is 65.2 Å². The lowest BCUT2D eigenvalue weighted by molar-refractivity contribution is -0.141. The van der Waals surface area contributed by atoms with Gasteiger partial charge in [-0.2, -0.15) is 0 Å². The van der Waals surface area contributed by atoms with Gasteiger partial charge in [-0.15, -0.1) is 0 Å². The number of aromatic hydroxyl groups is 1. The lowest BCUT2D eigenvalue weighted by atomic mass is 9.84. The Morgan fingerprint density at radius 1 is 1.00 bits per heavy atom. The molecule has 0 spiro atoms. The summed E-state index contributed by atoms with van der Waals surface area (Å²) in [7, 11) is 1.56. The number of likely N-dealkylation sites (N-methyl/N-ethyl adjacent to an activating group) is 1. The molecule has 228 valence electrons. The SMILES string of the molecule is CN(C(=O)C(N)Cc1ccccc1)C1CCCCNC(=O)CCNC(=O)C(Cc2ccc(O)c(C(C)(C)C)c2)NC1=O. The third-order valence-corrected chi connectivity index (χ3v) is 7.55. The van der Waals surface area contributed by atoms with Gasteiger partial charge in [0.05, 0.1) is 6.04 Å². The fraction of sp³-hybridized carbons (Fsp3) is 0.500. The molecule has 10 heteroatoms. The number of benzene rings is 2. The Balaban J connectivity index is 1.86. The van der Waals surface area contributed by atoms with Crippen molar-refractivity contribution in [3.8, 4) is 5.75 Å². The van der Waals surface area contributed by atoms with E-state index in [0.717, 1.165) is 16.7 Å². The maximum absolute atomic E-state index is 13.8. The van der Waals surface area contributed by atoms with Crippen LogP contribution in [0.15, 0.2) is 48.5 Å². The van der Waals surface area contributed by atoms with Gasteiger partial charge in [-0.25, -0.2) is 0 Å². The maximum atomic E-state index is 13.8. The number of carbonyl (C=O) groups is 4. The molecule has 1 aliphatic rings. The Bertz CT molecular complexity index is 1240. The Kier molecular flexibility index (Phi) is 11.5. The third-order valence-electron chi connectivity index (χ3n) is 7.55. The summed E-state index contributed by atoms with van der Waals surface area (Å²) in [6.45, 7) is 6.49. The second-order valence-electron chi connectivity index (χ2n) is 12.0. The first-order valence-electron chi connectivity index (χ1n) is 14.6. The van der Waals surface area contributed by atoms with Gasteiger partial charge in [0, 0.05) is 33.0 Å². The zero-order valence-corrected chi connectivity index (χ0v) is 25.1. The van der Waals surface area contributed by atoms with E-state index in [9.17, 15) is 24.3 Å². The van der Waals surface area contributed by atoms with E-state index >= 15 is 0 Å². The summed E-state index contributed by atoms with van der Waals surface area (Å²) in [5, 5.41) is 18.9. The van der Waals surface area contributed by atoms with Crippen LogP contribution in [0.5, 0.6) is 5.75 Å². The van der Waals surface area contributed by atoms with Gasteiger partial charge >= 0.3 is 0 Å². The lowest BCUT2D eigenvalue weighted by Gasteiger charge is -2.31. The highest BCUT2D eigenvalue weighted by atomic mass is 16.3. The van der Waals surface area contributed by atoms with E-state index in [1.54, 1.807) is 19.2 Å². The van der Waals surface area contributed by atoms with Gasteiger partial charge in [0.15, 0.2) is 0 Å². The van der Waals surface area contributed by atoms with Gasteiger partial charge < -0.3 is 31.7 Å². The molecule has 10 nitrogen and oxygen atoms in total. The van der Waals surface area contributed by atoms with Gasteiger partial charge in [0.1, 0.15) is 17.8 Å². The summed E-state index contributed by atoms with van der Waals surface area (Å²) in [6, 6.07) is 11.9. The second-order valence-corrected chi connectivity index (χ2v) is 12.0. The van der Waals surface area contributed by atoms with E-state index in [1.807, 2.05) is 57.2 Å². The molecule has 6 N–H and O–H groups in total. The lowest BCUT2D eigenvalue weighted by Crippen LogP contribution is -2.57. The van der Waals surface area contributed by atoms with Crippen molar-refractivity contribution in [1.29, 1.82) is 0 Å². The maximum Gasteiger partial charge on any atom is 0.243 e. The summed E-state index contributed by atoms with van der Waals surface area (Å²) >= 11 is 0. The second kappa shape index (κ2) is 14.8. The third kappa shape index (κ3) is 9.30. The predicted octanol–water partition coefficient (Wildman–Crippen LogP) is 1.92. The Morgan fingerprint density at radius 2 is 1.71 bits per heavy atom. The molecule has 4 amide bonds. The van der Waals surface area contributed by atoms with E-state index in [2.05, 4.69) is 16.0 Å². The first-order chi connectivity index (χ1) is 19.9. The molecule has 3 rings (SSSR count). The molecular formula is C32H45N5O5. The number of hydrogen-bond acceptors (Lipinski definition) is 6. The number of phenols is 1. The highest BCUT2D eigenvalue weighted by molar-refractivity contribution is 5.93. The van der Waals surface area contributed by atoms with Crippen LogP contribution in [0, 0.1) is 0 Å². The molecule has 2 aromatic carbocycles. The number of nitrogens with two attached hydrogens (primary N) is 1. The van der Waals surface area contributed by atoms with Crippen LogP contribution in [-0.4, -0.2) is 71.9 Å². The van der Waals surface area contributed by atoms with Crippen molar-refractivity contribution < 1.29 is 24.3 Å². The topological polar surface area (TPSA) is 154 Å². The molecular weight excluding hydrogens is 534 g/mol. The molecule has 0 aromatic heterocycles. The molecule has 1 fully saturated rings. The van der Waals surface area contributed by atoms with Crippen molar-refractivity contribution in [3.63, 3.8) is 0 Å². The summed E-state index contributed by atoms with van der Waals surface area (Å²) < 4.78 is 0. The Labute approximate surface area is 248 Å². The van der Waals surface area contributed by atoms with Crippen LogP contribution >= 0.6 is 0 Å². The van der Waals surface area contributed by atoms with Crippen LogP contribution in [0.2, 0.25) is 0 Å². The summed E-state index contributed by atoms with van der Waals surface area (Å²) in [6.07, 6.45) is 2.15. The molecule has 0 aliphatic carbocycles. The molecule has 1 saturated heterocycles. The first kappa shape index (κ1) is 32.6. The van der Waals surface area contributed by atoms with Crippen molar-refractivity contribution in [2.24, 2.45) is 5.73 Å².